The van der Waals surface area contributed by atoms with Gasteiger partial charge < -0.3 is 10.1 Å². The number of benzene rings is 1. The Hall–Kier alpha value is -2.39. The van der Waals surface area contributed by atoms with Crippen molar-refractivity contribution in [1.29, 1.82) is 0 Å². The number of hydrogen-bond donors (Lipinski definition) is 2. The maximum Gasteiger partial charge on any atom is 0.265 e. The third kappa shape index (κ3) is 3.20. The van der Waals surface area contributed by atoms with Gasteiger partial charge in [0.25, 0.3) is 5.91 Å². The fourth-order valence-corrected chi connectivity index (χ4v) is 3.17. The zero-order chi connectivity index (χ0) is 16.6. The van der Waals surface area contributed by atoms with Crippen LogP contribution in [0.3, 0.4) is 0 Å². The van der Waals surface area contributed by atoms with Crippen molar-refractivity contribution in [3.05, 3.63) is 36.2 Å². The fraction of sp³-hybridized carbons (Fsp3) is 0.286. The Bertz CT molecular complexity index is 859. The number of hydrogen-bond acceptors (Lipinski definition) is 5. The van der Waals surface area contributed by atoms with Gasteiger partial charge in [-0.15, -0.1) is 0 Å². The summed E-state index contributed by atoms with van der Waals surface area (Å²) in [5.74, 6) is 0.0687. The molecule has 0 bridgehead atoms. The summed E-state index contributed by atoms with van der Waals surface area (Å²) >= 11 is 0. The summed E-state index contributed by atoms with van der Waals surface area (Å²) in [6.07, 6.45) is 1.07. The van der Waals surface area contributed by atoms with E-state index in [1.54, 1.807) is 30.9 Å². The monoisotopic (exact) mass is 336 g/mol. The molecule has 1 aromatic carbocycles. The largest absolute Gasteiger partial charge is 0.479 e. The second-order valence-electron chi connectivity index (χ2n) is 5.21. The normalized spacial score (nSPS) is 17.3. The molecule has 8 nitrogen and oxygen atoms in total. The molecule has 1 aliphatic heterocycles. The molecule has 122 valence electrons. The zero-order valence-electron chi connectivity index (χ0n) is 12.6. The second-order valence-corrected chi connectivity index (χ2v) is 6.98. The molecular formula is C14H16N4O4S. The number of nitrogens with one attached hydrogen (secondary N) is 2. The van der Waals surface area contributed by atoms with E-state index in [1.807, 2.05) is 0 Å². The van der Waals surface area contributed by atoms with Gasteiger partial charge in [0.2, 0.25) is 10.0 Å². The van der Waals surface area contributed by atoms with E-state index in [4.69, 9.17) is 4.74 Å². The first kappa shape index (κ1) is 15.5. The Morgan fingerprint density at radius 3 is 2.87 bits per heavy atom. The average Bonchev–Trinajstić information content (AvgIpc) is 2.92. The molecular weight excluding hydrogens is 320 g/mol. The first-order chi connectivity index (χ1) is 10.8. The van der Waals surface area contributed by atoms with E-state index in [0.29, 0.717) is 17.1 Å². The minimum absolute atomic E-state index is 0.0653. The van der Waals surface area contributed by atoms with Crippen molar-refractivity contribution >= 4 is 21.6 Å². The molecule has 0 spiro atoms. The summed E-state index contributed by atoms with van der Waals surface area (Å²) in [5, 5.41) is 6.77. The van der Waals surface area contributed by atoms with Gasteiger partial charge in [-0.3, -0.25) is 9.48 Å². The van der Waals surface area contributed by atoms with Crippen molar-refractivity contribution in [2.75, 3.05) is 5.32 Å². The van der Waals surface area contributed by atoms with Crippen molar-refractivity contribution in [1.82, 2.24) is 14.5 Å². The lowest BCUT2D eigenvalue weighted by Crippen LogP contribution is -2.34. The number of aromatic nitrogens is 2. The number of anilines is 1. The molecule has 2 N–H and O–H groups in total. The highest BCUT2D eigenvalue weighted by Crippen LogP contribution is 2.31. The number of fused-ring (bicyclic) bond motifs is 1. The van der Waals surface area contributed by atoms with Crippen molar-refractivity contribution in [2.24, 2.45) is 7.05 Å². The molecule has 1 aromatic heterocycles. The van der Waals surface area contributed by atoms with Crippen LogP contribution in [0.4, 0.5) is 5.69 Å². The van der Waals surface area contributed by atoms with Gasteiger partial charge in [-0.05, 0) is 25.1 Å². The summed E-state index contributed by atoms with van der Waals surface area (Å²) in [6, 6.07) is 6.05. The van der Waals surface area contributed by atoms with Gasteiger partial charge in [0.1, 0.15) is 5.75 Å². The lowest BCUT2D eigenvalue weighted by Gasteiger charge is -2.23. The summed E-state index contributed by atoms with van der Waals surface area (Å²) in [7, 11) is -1.95. The van der Waals surface area contributed by atoms with Crippen LogP contribution in [0.5, 0.6) is 5.75 Å². The van der Waals surface area contributed by atoms with Crippen LogP contribution >= 0.6 is 0 Å². The number of sulfonamides is 1. The number of nitrogens with zero attached hydrogens (tertiary/aromatic N) is 2. The van der Waals surface area contributed by atoms with Crippen LogP contribution in [0.25, 0.3) is 0 Å². The number of carbonyl (C=O) groups excluding carboxylic acids is 1. The third-order valence-corrected chi connectivity index (χ3v) is 4.81. The predicted octanol–water partition coefficient (Wildman–Crippen LogP) is 0.618. The maximum atomic E-state index is 12.4. The van der Waals surface area contributed by atoms with Crippen LogP contribution in [0, 0.1) is 0 Å². The maximum absolute atomic E-state index is 12.4. The highest BCUT2D eigenvalue weighted by molar-refractivity contribution is 7.89. The lowest BCUT2D eigenvalue weighted by atomic mass is 10.2. The molecule has 0 saturated heterocycles. The van der Waals surface area contributed by atoms with E-state index in [-0.39, 0.29) is 17.3 Å². The summed E-state index contributed by atoms with van der Waals surface area (Å²) in [4.78, 5) is 11.6. The lowest BCUT2D eigenvalue weighted by molar-refractivity contribution is -0.122. The molecule has 0 radical (unpaired) electrons. The molecule has 9 heteroatoms. The van der Waals surface area contributed by atoms with Crippen molar-refractivity contribution in [2.45, 2.75) is 24.5 Å². The van der Waals surface area contributed by atoms with Crippen molar-refractivity contribution in [3.8, 4) is 5.75 Å². The molecule has 1 unspecified atom stereocenters. The van der Waals surface area contributed by atoms with E-state index in [1.165, 1.54) is 18.2 Å². The van der Waals surface area contributed by atoms with Gasteiger partial charge in [-0.1, -0.05) is 0 Å². The van der Waals surface area contributed by atoms with Gasteiger partial charge in [0.05, 0.1) is 22.8 Å². The van der Waals surface area contributed by atoms with Crippen LogP contribution in [0.2, 0.25) is 0 Å². The Labute approximate surface area is 133 Å². The number of rotatable bonds is 4. The predicted molar refractivity (Wildman–Crippen MR) is 82.4 cm³/mol. The summed E-state index contributed by atoms with van der Waals surface area (Å²) < 4.78 is 34.2. The third-order valence-electron chi connectivity index (χ3n) is 3.41. The van der Waals surface area contributed by atoms with Crippen LogP contribution < -0.4 is 14.8 Å². The standard InChI is InChI=1S/C14H16N4O4S/c1-9-14(19)16-12-4-3-11(7-13(12)22-9)23(20,21)15-8-10-5-6-18(2)17-10/h3-7,9,15H,8H2,1-2H3,(H,16,19). The average molecular weight is 336 g/mol. The molecule has 1 atom stereocenters. The Balaban J connectivity index is 1.80. The molecule has 2 heterocycles. The van der Waals surface area contributed by atoms with Crippen LogP contribution in [-0.2, 0) is 28.4 Å². The first-order valence-corrected chi connectivity index (χ1v) is 8.43. The van der Waals surface area contributed by atoms with Gasteiger partial charge in [0.15, 0.2) is 6.10 Å². The fourth-order valence-electron chi connectivity index (χ4n) is 2.16. The number of ether oxygens (including phenoxy) is 1. The van der Waals surface area contributed by atoms with E-state index in [9.17, 15) is 13.2 Å². The van der Waals surface area contributed by atoms with Gasteiger partial charge in [-0.2, -0.15) is 5.10 Å². The van der Waals surface area contributed by atoms with Crippen LogP contribution in [0.15, 0.2) is 35.4 Å². The smallest absolute Gasteiger partial charge is 0.265 e. The molecule has 1 aliphatic rings. The molecule has 23 heavy (non-hydrogen) atoms. The van der Waals surface area contributed by atoms with Crippen LogP contribution in [0.1, 0.15) is 12.6 Å². The summed E-state index contributed by atoms with van der Waals surface area (Å²) in [6.45, 7) is 1.69. The van der Waals surface area contributed by atoms with Gasteiger partial charge in [0, 0.05) is 19.3 Å². The van der Waals surface area contributed by atoms with Crippen LogP contribution in [-0.4, -0.2) is 30.2 Å². The van der Waals surface area contributed by atoms with E-state index in [2.05, 4.69) is 15.1 Å². The molecule has 0 fully saturated rings. The van der Waals surface area contributed by atoms with Gasteiger partial charge in [-0.25, -0.2) is 13.1 Å². The van der Waals surface area contributed by atoms with E-state index >= 15 is 0 Å². The van der Waals surface area contributed by atoms with Gasteiger partial charge >= 0.3 is 0 Å². The highest BCUT2D eigenvalue weighted by Gasteiger charge is 2.25. The molecule has 3 rings (SSSR count). The van der Waals surface area contributed by atoms with Crippen molar-refractivity contribution in [3.63, 3.8) is 0 Å². The van der Waals surface area contributed by atoms with E-state index < -0.39 is 16.1 Å². The minimum Gasteiger partial charge on any atom is -0.479 e. The van der Waals surface area contributed by atoms with Crippen molar-refractivity contribution < 1.29 is 17.9 Å². The SMILES string of the molecule is CC1Oc2cc(S(=O)(=O)NCc3ccn(C)n3)ccc2NC1=O. The summed E-state index contributed by atoms with van der Waals surface area (Å²) in [5.41, 5.74) is 1.07. The zero-order valence-corrected chi connectivity index (χ0v) is 13.4. The second kappa shape index (κ2) is 5.67. The highest BCUT2D eigenvalue weighted by atomic mass is 32.2. The number of carbonyl (C=O) groups is 1. The quantitative estimate of drug-likeness (QED) is 0.852. The Kier molecular flexibility index (Phi) is 3.82. The first-order valence-electron chi connectivity index (χ1n) is 6.95. The Morgan fingerprint density at radius 2 is 2.17 bits per heavy atom. The number of amides is 1. The molecule has 2 aromatic rings. The molecule has 0 aliphatic carbocycles. The van der Waals surface area contributed by atoms with E-state index in [0.717, 1.165) is 0 Å². The number of aryl methyl sites for hydroxylation is 1. The molecule has 0 saturated carbocycles. The Morgan fingerprint density at radius 1 is 1.39 bits per heavy atom. The molecule has 1 amide bonds. The topological polar surface area (TPSA) is 102 Å². The minimum atomic E-state index is -3.71.